The second-order valence-corrected chi connectivity index (χ2v) is 7.27. The SMILES string of the molecule is CCc1cc2c(s1)CCN(C(=O)OC(C)(C)C)C2C. The van der Waals surface area contributed by atoms with Crippen LogP contribution in [0.5, 0.6) is 0 Å². The second-order valence-electron chi connectivity index (χ2n) is 6.04. The molecule has 0 aromatic carbocycles. The van der Waals surface area contributed by atoms with E-state index < -0.39 is 5.60 Å². The van der Waals surface area contributed by atoms with Crippen LogP contribution in [0.15, 0.2) is 6.07 Å². The molecule has 0 fully saturated rings. The molecule has 0 spiro atoms. The average molecular weight is 281 g/mol. The van der Waals surface area contributed by atoms with E-state index in [2.05, 4.69) is 19.9 Å². The first-order chi connectivity index (χ1) is 8.81. The first-order valence-electron chi connectivity index (χ1n) is 6.93. The maximum atomic E-state index is 12.2. The molecule has 1 aliphatic rings. The summed E-state index contributed by atoms with van der Waals surface area (Å²) in [6.45, 7) is 10.7. The van der Waals surface area contributed by atoms with Crippen molar-refractivity contribution in [1.29, 1.82) is 0 Å². The molecule has 1 unspecified atom stereocenters. The van der Waals surface area contributed by atoms with E-state index in [-0.39, 0.29) is 12.1 Å². The number of ether oxygens (including phenoxy) is 1. The van der Waals surface area contributed by atoms with Gasteiger partial charge in [0.15, 0.2) is 0 Å². The van der Waals surface area contributed by atoms with Crippen molar-refractivity contribution < 1.29 is 9.53 Å². The zero-order valence-corrected chi connectivity index (χ0v) is 13.3. The molecule has 4 heteroatoms. The fourth-order valence-corrected chi connectivity index (χ4v) is 3.56. The van der Waals surface area contributed by atoms with E-state index in [0.717, 1.165) is 19.4 Å². The van der Waals surface area contributed by atoms with Crippen LogP contribution >= 0.6 is 11.3 Å². The highest BCUT2D eigenvalue weighted by atomic mass is 32.1. The molecule has 0 radical (unpaired) electrons. The largest absolute Gasteiger partial charge is 0.444 e. The molecule has 1 aromatic rings. The van der Waals surface area contributed by atoms with E-state index in [9.17, 15) is 4.79 Å². The Labute approximate surface area is 119 Å². The van der Waals surface area contributed by atoms with Gasteiger partial charge in [-0.3, -0.25) is 0 Å². The number of nitrogens with zero attached hydrogens (tertiary/aromatic N) is 1. The fraction of sp³-hybridized carbons (Fsp3) is 0.667. The van der Waals surface area contributed by atoms with Crippen LogP contribution in [0.2, 0.25) is 0 Å². The summed E-state index contributed by atoms with van der Waals surface area (Å²) in [5, 5.41) is 0. The number of thiophene rings is 1. The summed E-state index contributed by atoms with van der Waals surface area (Å²) in [6.07, 6.45) is 1.82. The van der Waals surface area contributed by atoms with Crippen molar-refractivity contribution >= 4 is 17.4 Å². The summed E-state index contributed by atoms with van der Waals surface area (Å²) in [5.74, 6) is 0. The Morgan fingerprint density at radius 2 is 2.21 bits per heavy atom. The third kappa shape index (κ3) is 3.11. The number of hydrogen-bond acceptors (Lipinski definition) is 3. The molecule has 106 valence electrons. The summed E-state index contributed by atoms with van der Waals surface area (Å²) in [4.78, 5) is 16.9. The van der Waals surface area contributed by atoms with Crippen LogP contribution in [-0.4, -0.2) is 23.1 Å². The van der Waals surface area contributed by atoms with Gasteiger partial charge in [0.05, 0.1) is 6.04 Å². The number of aryl methyl sites for hydroxylation is 1. The van der Waals surface area contributed by atoms with Crippen LogP contribution in [-0.2, 0) is 17.6 Å². The zero-order valence-electron chi connectivity index (χ0n) is 12.4. The molecule has 0 saturated heterocycles. The summed E-state index contributed by atoms with van der Waals surface area (Å²) < 4.78 is 5.49. The molecule has 0 saturated carbocycles. The fourth-order valence-electron chi connectivity index (χ4n) is 2.38. The number of carbonyl (C=O) groups is 1. The highest BCUT2D eigenvalue weighted by Crippen LogP contribution is 2.36. The van der Waals surface area contributed by atoms with Gasteiger partial charge < -0.3 is 9.64 Å². The van der Waals surface area contributed by atoms with Crippen molar-refractivity contribution in [2.45, 2.75) is 59.1 Å². The number of rotatable bonds is 1. The van der Waals surface area contributed by atoms with Crippen LogP contribution < -0.4 is 0 Å². The van der Waals surface area contributed by atoms with Gasteiger partial charge in [0.25, 0.3) is 0 Å². The van der Waals surface area contributed by atoms with Crippen molar-refractivity contribution in [2.24, 2.45) is 0 Å². The van der Waals surface area contributed by atoms with Gasteiger partial charge in [-0.25, -0.2) is 4.79 Å². The summed E-state index contributed by atoms with van der Waals surface area (Å²) in [6, 6.07) is 2.37. The molecule has 1 amide bonds. The molecule has 3 nitrogen and oxygen atoms in total. The maximum absolute atomic E-state index is 12.2. The van der Waals surface area contributed by atoms with Crippen LogP contribution in [0.1, 0.15) is 56.0 Å². The van der Waals surface area contributed by atoms with Gasteiger partial charge in [0.1, 0.15) is 5.60 Å². The predicted octanol–water partition coefficient (Wildman–Crippen LogP) is 4.16. The summed E-state index contributed by atoms with van der Waals surface area (Å²) in [5.41, 5.74) is 0.874. The van der Waals surface area contributed by atoms with Crippen LogP contribution in [0.3, 0.4) is 0 Å². The Kier molecular flexibility index (Phi) is 3.90. The average Bonchev–Trinajstić information content (AvgIpc) is 2.71. The topological polar surface area (TPSA) is 29.5 Å². The molecule has 0 bridgehead atoms. The Hall–Kier alpha value is -1.03. The summed E-state index contributed by atoms with van der Waals surface area (Å²) >= 11 is 1.89. The van der Waals surface area contributed by atoms with E-state index >= 15 is 0 Å². The third-order valence-corrected chi connectivity index (χ3v) is 4.72. The first kappa shape index (κ1) is 14.4. The molecule has 1 aliphatic heterocycles. The van der Waals surface area contributed by atoms with Crippen molar-refractivity contribution in [1.82, 2.24) is 4.90 Å². The molecule has 2 heterocycles. The summed E-state index contributed by atoms with van der Waals surface area (Å²) in [7, 11) is 0. The molecular formula is C15H23NO2S. The van der Waals surface area contributed by atoms with Crippen molar-refractivity contribution in [2.75, 3.05) is 6.54 Å². The molecule has 0 aliphatic carbocycles. The minimum absolute atomic E-state index is 0.121. The lowest BCUT2D eigenvalue weighted by Crippen LogP contribution is -2.41. The molecule has 0 N–H and O–H groups in total. The van der Waals surface area contributed by atoms with Crippen LogP contribution in [0.25, 0.3) is 0 Å². The van der Waals surface area contributed by atoms with E-state index in [4.69, 9.17) is 4.74 Å². The standard InChI is InChI=1S/C15H23NO2S/c1-6-11-9-12-10(2)16(8-7-13(12)19-11)14(17)18-15(3,4)5/h9-10H,6-8H2,1-5H3. The number of carbonyl (C=O) groups excluding carboxylic acids is 1. The second kappa shape index (κ2) is 5.16. The van der Waals surface area contributed by atoms with Gasteiger partial charge >= 0.3 is 6.09 Å². The Morgan fingerprint density at radius 3 is 2.79 bits per heavy atom. The smallest absolute Gasteiger partial charge is 0.410 e. The monoisotopic (exact) mass is 281 g/mol. The highest BCUT2D eigenvalue weighted by Gasteiger charge is 2.32. The molecule has 1 aromatic heterocycles. The zero-order chi connectivity index (χ0) is 14.2. The third-order valence-electron chi connectivity index (χ3n) is 3.37. The molecule has 19 heavy (non-hydrogen) atoms. The van der Waals surface area contributed by atoms with Gasteiger partial charge in [-0.15, -0.1) is 11.3 Å². The Balaban J connectivity index is 2.16. The Morgan fingerprint density at radius 1 is 1.53 bits per heavy atom. The van der Waals surface area contributed by atoms with Crippen molar-refractivity contribution in [3.8, 4) is 0 Å². The molecule has 1 atom stereocenters. The van der Waals surface area contributed by atoms with Gasteiger partial charge in [-0.05, 0) is 52.2 Å². The first-order valence-corrected chi connectivity index (χ1v) is 7.74. The van der Waals surface area contributed by atoms with Gasteiger partial charge in [0, 0.05) is 16.3 Å². The minimum Gasteiger partial charge on any atom is -0.444 e. The van der Waals surface area contributed by atoms with Gasteiger partial charge in [0.2, 0.25) is 0 Å². The van der Waals surface area contributed by atoms with Crippen molar-refractivity contribution in [3.05, 3.63) is 21.4 Å². The molecule has 2 rings (SSSR count). The Bertz CT molecular complexity index is 473. The van der Waals surface area contributed by atoms with E-state index in [1.807, 2.05) is 37.0 Å². The number of fused-ring (bicyclic) bond motifs is 1. The van der Waals surface area contributed by atoms with Crippen LogP contribution in [0.4, 0.5) is 4.79 Å². The lowest BCUT2D eigenvalue weighted by Gasteiger charge is -2.34. The number of amides is 1. The lowest BCUT2D eigenvalue weighted by atomic mass is 10.0. The van der Waals surface area contributed by atoms with E-state index in [1.165, 1.54) is 15.3 Å². The lowest BCUT2D eigenvalue weighted by molar-refractivity contribution is 0.0161. The highest BCUT2D eigenvalue weighted by molar-refractivity contribution is 7.12. The quantitative estimate of drug-likeness (QED) is 0.773. The predicted molar refractivity (Wildman–Crippen MR) is 78.8 cm³/mol. The van der Waals surface area contributed by atoms with Gasteiger partial charge in [-0.1, -0.05) is 6.92 Å². The van der Waals surface area contributed by atoms with E-state index in [0.29, 0.717) is 0 Å². The minimum atomic E-state index is -0.430. The van der Waals surface area contributed by atoms with Crippen molar-refractivity contribution in [3.63, 3.8) is 0 Å². The van der Waals surface area contributed by atoms with Gasteiger partial charge in [-0.2, -0.15) is 0 Å². The molecular weight excluding hydrogens is 258 g/mol. The van der Waals surface area contributed by atoms with Crippen LogP contribution in [0, 0.1) is 0 Å². The number of hydrogen-bond donors (Lipinski definition) is 0. The van der Waals surface area contributed by atoms with E-state index in [1.54, 1.807) is 0 Å². The maximum Gasteiger partial charge on any atom is 0.410 e. The normalized spacial score (nSPS) is 19.2.